The molecule has 2 N–H and O–H groups in total. The van der Waals surface area contributed by atoms with Crippen molar-refractivity contribution in [2.24, 2.45) is 11.1 Å². The van der Waals surface area contributed by atoms with Crippen LogP contribution in [0.3, 0.4) is 0 Å². The zero-order valence-corrected chi connectivity index (χ0v) is 11.8. The quantitative estimate of drug-likeness (QED) is 0.873. The maximum Gasteiger partial charge on any atom is 0.0569 e. The predicted molar refractivity (Wildman–Crippen MR) is 76.7 cm³/mol. The Balaban J connectivity index is 2.07. The molecule has 3 nitrogen and oxygen atoms in total. The molecule has 1 saturated heterocycles. The summed E-state index contributed by atoms with van der Waals surface area (Å²) in [7, 11) is 0. The molecule has 2 heterocycles. The number of hydrogen-bond donors (Lipinski definition) is 1. The van der Waals surface area contributed by atoms with Crippen LogP contribution in [0, 0.1) is 5.41 Å². The van der Waals surface area contributed by atoms with Gasteiger partial charge in [-0.05, 0) is 43.7 Å². The Hall–Kier alpha value is -1.09. The van der Waals surface area contributed by atoms with Crippen molar-refractivity contribution in [3.63, 3.8) is 0 Å². The van der Waals surface area contributed by atoms with E-state index in [2.05, 4.69) is 35.9 Å². The van der Waals surface area contributed by atoms with E-state index in [0.29, 0.717) is 5.41 Å². The molecule has 1 aromatic heterocycles. The average molecular weight is 247 g/mol. The molecule has 0 aromatic carbocycles. The largest absolute Gasteiger partial charge is 0.370 e. The molecule has 0 spiro atoms. The third-order valence-electron chi connectivity index (χ3n) is 3.94. The second kappa shape index (κ2) is 5.27. The third kappa shape index (κ3) is 3.22. The van der Waals surface area contributed by atoms with Crippen LogP contribution in [0.5, 0.6) is 0 Å². The SMILES string of the molecule is C[C@H](N)c1ccc(N2CCCC(C)(C)CC2)cn1. The van der Waals surface area contributed by atoms with E-state index < -0.39 is 0 Å². The Morgan fingerprint density at radius 1 is 1.28 bits per heavy atom. The maximum atomic E-state index is 5.83. The first-order chi connectivity index (χ1) is 8.48. The van der Waals surface area contributed by atoms with E-state index in [0.717, 1.165) is 18.8 Å². The molecule has 0 radical (unpaired) electrons. The summed E-state index contributed by atoms with van der Waals surface area (Å²) in [6, 6.07) is 4.22. The summed E-state index contributed by atoms with van der Waals surface area (Å²) < 4.78 is 0. The van der Waals surface area contributed by atoms with Gasteiger partial charge in [0, 0.05) is 19.1 Å². The van der Waals surface area contributed by atoms with Crippen LogP contribution in [0.25, 0.3) is 0 Å². The van der Waals surface area contributed by atoms with Crippen LogP contribution < -0.4 is 10.6 Å². The van der Waals surface area contributed by atoms with Crippen LogP contribution in [0.2, 0.25) is 0 Å². The molecule has 1 aliphatic rings. The number of pyridine rings is 1. The molecule has 0 amide bonds. The van der Waals surface area contributed by atoms with Gasteiger partial charge in [0.15, 0.2) is 0 Å². The zero-order chi connectivity index (χ0) is 13.2. The van der Waals surface area contributed by atoms with Gasteiger partial charge in [-0.3, -0.25) is 4.98 Å². The van der Waals surface area contributed by atoms with Gasteiger partial charge in [0.25, 0.3) is 0 Å². The highest BCUT2D eigenvalue weighted by Gasteiger charge is 2.23. The number of hydrogen-bond acceptors (Lipinski definition) is 3. The second-order valence-corrected chi connectivity index (χ2v) is 6.23. The highest BCUT2D eigenvalue weighted by Crippen LogP contribution is 2.31. The van der Waals surface area contributed by atoms with E-state index in [9.17, 15) is 0 Å². The molecule has 3 heteroatoms. The van der Waals surface area contributed by atoms with E-state index in [-0.39, 0.29) is 6.04 Å². The fraction of sp³-hybridized carbons (Fsp3) is 0.667. The summed E-state index contributed by atoms with van der Waals surface area (Å²) >= 11 is 0. The summed E-state index contributed by atoms with van der Waals surface area (Å²) in [5.41, 5.74) is 8.51. The van der Waals surface area contributed by atoms with Crippen molar-refractivity contribution >= 4 is 5.69 Å². The first-order valence-corrected chi connectivity index (χ1v) is 6.94. The van der Waals surface area contributed by atoms with Gasteiger partial charge in [-0.1, -0.05) is 13.8 Å². The Bertz CT molecular complexity index is 381. The fourth-order valence-electron chi connectivity index (χ4n) is 2.54. The van der Waals surface area contributed by atoms with Gasteiger partial charge in [-0.2, -0.15) is 0 Å². The van der Waals surface area contributed by atoms with Gasteiger partial charge in [-0.15, -0.1) is 0 Å². The highest BCUT2D eigenvalue weighted by molar-refractivity contribution is 5.45. The Labute approximate surface area is 110 Å². The van der Waals surface area contributed by atoms with E-state index in [1.165, 1.54) is 24.9 Å². The van der Waals surface area contributed by atoms with E-state index >= 15 is 0 Å². The number of aromatic nitrogens is 1. The van der Waals surface area contributed by atoms with E-state index in [1.54, 1.807) is 0 Å². The standard InChI is InChI=1S/C15H25N3/c1-12(16)14-6-5-13(11-17-14)18-9-4-7-15(2,3)8-10-18/h5-6,11-12H,4,7-10,16H2,1-3H3/t12-/m0/s1. The van der Waals surface area contributed by atoms with Crippen molar-refractivity contribution in [1.82, 2.24) is 4.98 Å². The van der Waals surface area contributed by atoms with Crippen LogP contribution in [0.15, 0.2) is 18.3 Å². The normalized spacial score (nSPS) is 21.4. The lowest BCUT2D eigenvalue weighted by Crippen LogP contribution is -2.25. The summed E-state index contributed by atoms with van der Waals surface area (Å²) in [6.07, 6.45) is 5.80. The minimum atomic E-state index is 0.0158. The van der Waals surface area contributed by atoms with E-state index in [4.69, 9.17) is 5.73 Å². The van der Waals surface area contributed by atoms with Crippen LogP contribution >= 0.6 is 0 Å². The van der Waals surface area contributed by atoms with Crippen molar-refractivity contribution in [2.45, 2.75) is 46.1 Å². The number of rotatable bonds is 2. The molecule has 0 saturated carbocycles. The molecule has 18 heavy (non-hydrogen) atoms. The number of anilines is 1. The minimum absolute atomic E-state index is 0.0158. The van der Waals surface area contributed by atoms with E-state index in [1.807, 2.05) is 13.1 Å². The van der Waals surface area contributed by atoms with Crippen molar-refractivity contribution in [3.05, 3.63) is 24.0 Å². The Morgan fingerprint density at radius 2 is 2.06 bits per heavy atom. The molecule has 1 atom stereocenters. The molecule has 1 aliphatic heterocycles. The lowest BCUT2D eigenvalue weighted by Gasteiger charge is -2.24. The second-order valence-electron chi connectivity index (χ2n) is 6.23. The maximum absolute atomic E-state index is 5.83. The molecule has 100 valence electrons. The Kier molecular flexibility index (Phi) is 3.91. The lowest BCUT2D eigenvalue weighted by molar-refractivity contribution is 0.325. The van der Waals surface area contributed by atoms with Gasteiger partial charge in [0.2, 0.25) is 0 Å². The first-order valence-electron chi connectivity index (χ1n) is 6.94. The Morgan fingerprint density at radius 3 is 2.67 bits per heavy atom. The predicted octanol–water partition coefficient (Wildman–Crippen LogP) is 3.12. The van der Waals surface area contributed by atoms with Crippen LogP contribution in [0.4, 0.5) is 5.69 Å². The van der Waals surface area contributed by atoms with Gasteiger partial charge in [0.05, 0.1) is 17.6 Å². The van der Waals surface area contributed by atoms with Crippen LogP contribution in [0.1, 0.15) is 51.8 Å². The van der Waals surface area contributed by atoms with Crippen LogP contribution in [-0.2, 0) is 0 Å². The molecule has 0 aliphatic carbocycles. The number of nitrogens with zero attached hydrogens (tertiary/aromatic N) is 2. The third-order valence-corrected chi connectivity index (χ3v) is 3.94. The molecule has 2 rings (SSSR count). The zero-order valence-electron chi connectivity index (χ0n) is 11.8. The topological polar surface area (TPSA) is 42.1 Å². The van der Waals surface area contributed by atoms with Crippen LogP contribution in [-0.4, -0.2) is 18.1 Å². The highest BCUT2D eigenvalue weighted by atomic mass is 15.1. The summed E-state index contributed by atoms with van der Waals surface area (Å²) in [4.78, 5) is 6.90. The van der Waals surface area contributed by atoms with Crippen molar-refractivity contribution in [1.29, 1.82) is 0 Å². The van der Waals surface area contributed by atoms with Gasteiger partial charge in [0.1, 0.15) is 0 Å². The summed E-state index contributed by atoms with van der Waals surface area (Å²) in [5, 5.41) is 0. The minimum Gasteiger partial charge on any atom is -0.370 e. The monoisotopic (exact) mass is 247 g/mol. The van der Waals surface area contributed by atoms with Gasteiger partial charge in [-0.25, -0.2) is 0 Å². The van der Waals surface area contributed by atoms with Gasteiger partial charge < -0.3 is 10.6 Å². The fourth-order valence-corrected chi connectivity index (χ4v) is 2.54. The van der Waals surface area contributed by atoms with Crippen molar-refractivity contribution in [2.75, 3.05) is 18.0 Å². The molecule has 0 unspecified atom stereocenters. The van der Waals surface area contributed by atoms with Crippen molar-refractivity contribution in [3.8, 4) is 0 Å². The molecular formula is C15H25N3. The summed E-state index contributed by atoms with van der Waals surface area (Å²) in [5.74, 6) is 0. The van der Waals surface area contributed by atoms with Gasteiger partial charge >= 0.3 is 0 Å². The molecule has 1 fully saturated rings. The lowest BCUT2D eigenvalue weighted by atomic mass is 9.85. The average Bonchev–Trinajstić information content (AvgIpc) is 2.50. The van der Waals surface area contributed by atoms with Crippen molar-refractivity contribution < 1.29 is 0 Å². The molecular weight excluding hydrogens is 222 g/mol. The first kappa shape index (κ1) is 13.3. The molecule has 0 bridgehead atoms. The molecule has 1 aromatic rings. The summed E-state index contributed by atoms with van der Waals surface area (Å²) in [6.45, 7) is 8.98. The smallest absolute Gasteiger partial charge is 0.0569 e. The number of nitrogens with two attached hydrogens (primary N) is 1.